The Morgan fingerprint density at radius 3 is 2.61 bits per heavy atom. The van der Waals surface area contributed by atoms with Crippen LogP contribution in [0.3, 0.4) is 0 Å². The third-order valence-corrected chi connectivity index (χ3v) is 7.58. The third-order valence-electron chi connectivity index (χ3n) is 7.33. The van der Waals surface area contributed by atoms with Crippen molar-refractivity contribution in [1.29, 1.82) is 0 Å². The molecule has 2 aromatic carbocycles. The first kappa shape index (κ1) is 20.5. The summed E-state index contributed by atoms with van der Waals surface area (Å²) >= 11 is 6.02. The summed E-state index contributed by atoms with van der Waals surface area (Å²) in [5.41, 5.74) is 4.40. The number of nitrogens with zero attached hydrogens (tertiary/aromatic N) is 2. The van der Waals surface area contributed by atoms with Crippen LogP contribution in [0.15, 0.2) is 60.3 Å². The van der Waals surface area contributed by atoms with Gasteiger partial charge in [-0.2, -0.15) is 5.10 Å². The van der Waals surface area contributed by atoms with Crippen LogP contribution in [0.1, 0.15) is 49.4 Å². The Kier molecular flexibility index (Phi) is 5.03. The van der Waals surface area contributed by atoms with E-state index in [2.05, 4.69) is 18.1 Å². The predicted octanol–water partition coefficient (Wildman–Crippen LogP) is 6.16. The first-order valence-corrected chi connectivity index (χ1v) is 11.3. The number of hydrogen-bond acceptors (Lipinski definition) is 2. The lowest BCUT2D eigenvalue weighted by atomic mass is 9.56. The summed E-state index contributed by atoms with van der Waals surface area (Å²) in [6.07, 6.45) is 9.14. The van der Waals surface area contributed by atoms with Crippen molar-refractivity contribution >= 4 is 17.7 Å². The number of rotatable bonds is 4. The van der Waals surface area contributed by atoms with Crippen molar-refractivity contribution in [2.75, 3.05) is 0 Å². The second kappa shape index (κ2) is 7.61. The molecule has 0 spiro atoms. The lowest BCUT2D eigenvalue weighted by Crippen LogP contribution is -2.52. The quantitative estimate of drug-likeness (QED) is 0.532. The van der Waals surface area contributed by atoms with Crippen LogP contribution in [0.25, 0.3) is 11.8 Å². The molecule has 0 unspecified atom stereocenters. The highest BCUT2D eigenvalue weighted by Gasteiger charge is 2.52. The summed E-state index contributed by atoms with van der Waals surface area (Å²) in [6, 6.07) is 14.3. The van der Waals surface area contributed by atoms with Crippen LogP contribution in [0.2, 0.25) is 5.02 Å². The number of aliphatic hydroxyl groups is 1. The second-order valence-corrected chi connectivity index (χ2v) is 9.57. The average molecular weight is 437 g/mol. The van der Waals surface area contributed by atoms with E-state index in [1.807, 2.05) is 35.1 Å². The van der Waals surface area contributed by atoms with Crippen molar-refractivity contribution in [2.45, 2.75) is 51.0 Å². The molecule has 0 amide bonds. The van der Waals surface area contributed by atoms with Gasteiger partial charge in [-0.25, -0.2) is 9.07 Å². The van der Waals surface area contributed by atoms with Gasteiger partial charge in [-0.1, -0.05) is 36.2 Å². The van der Waals surface area contributed by atoms with Gasteiger partial charge in [0.25, 0.3) is 0 Å². The van der Waals surface area contributed by atoms with Gasteiger partial charge in [-0.15, -0.1) is 0 Å². The average Bonchev–Trinajstić information content (AvgIpc) is 3.15. The Hall–Kier alpha value is -2.43. The minimum Gasteiger partial charge on any atom is -0.389 e. The van der Waals surface area contributed by atoms with Crippen LogP contribution in [-0.4, -0.2) is 20.5 Å². The normalized spacial score (nSPS) is 25.0. The van der Waals surface area contributed by atoms with Crippen LogP contribution >= 0.6 is 11.6 Å². The molecule has 3 nitrogen and oxygen atoms in total. The SMILES string of the molecule is C[C@]12Cc3cnn(-c4ccc(F)cc4)c3C=C1CCC[C@@]2(O)CCc1ccc(Cl)cc1. The van der Waals surface area contributed by atoms with Crippen LogP contribution < -0.4 is 0 Å². The molecule has 1 fully saturated rings. The zero-order chi connectivity index (χ0) is 21.6. The van der Waals surface area contributed by atoms with Crippen LogP contribution in [0, 0.1) is 11.2 Å². The maximum atomic E-state index is 13.4. The number of fused-ring (bicyclic) bond motifs is 2. The highest BCUT2D eigenvalue weighted by molar-refractivity contribution is 6.30. The summed E-state index contributed by atoms with van der Waals surface area (Å²) in [7, 11) is 0. The van der Waals surface area contributed by atoms with Crippen LogP contribution in [-0.2, 0) is 12.8 Å². The molecule has 3 aromatic rings. The molecule has 5 rings (SSSR count). The summed E-state index contributed by atoms with van der Waals surface area (Å²) in [6.45, 7) is 2.21. The zero-order valence-corrected chi connectivity index (χ0v) is 18.4. The van der Waals surface area contributed by atoms with Gasteiger partial charge < -0.3 is 5.11 Å². The zero-order valence-electron chi connectivity index (χ0n) is 17.6. The topological polar surface area (TPSA) is 38.0 Å². The first-order chi connectivity index (χ1) is 14.9. The lowest BCUT2D eigenvalue weighted by molar-refractivity contribution is -0.0843. The molecule has 160 valence electrons. The summed E-state index contributed by atoms with van der Waals surface area (Å²) < 4.78 is 15.2. The fourth-order valence-corrected chi connectivity index (χ4v) is 5.48. The fourth-order valence-electron chi connectivity index (χ4n) is 5.35. The Labute approximate surface area is 187 Å². The summed E-state index contributed by atoms with van der Waals surface area (Å²) in [4.78, 5) is 0. The molecule has 5 heteroatoms. The van der Waals surface area contributed by atoms with E-state index in [0.717, 1.165) is 54.1 Å². The van der Waals surface area contributed by atoms with Crippen molar-refractivity contribution in [3.05, 3.63) is 88.0 Å². The van der Waals surface area contributed by atoms with Crippen molar-refractivity contribution in [1.82, 2.24) is 9.78 Å². The van der Waals surface area contributed by atoms with Gasteiger partial charge in [0.1, 0.15) is 5.82 Å². The molecule has 0 bridgehead atoms. The second-order valence-electron chi connectivity index (χ2n) is 9.13. The van der Waals surface area contributed by atoms with Gasteiger partial charge >= 0.3 is 0 Å². The van der Waals surface area contributed by atoms with Gasteiger partial charge in [-0.3, -0.25) is 0 Å². The lowest BCUT2D eigenvalue weighted by Gasteiger charge is -2.52. The molecular weight excluding hydrogens is 411 g/mol. The minimum atomic E-state index is -0.771. The highest BCUT2D eigenvalue weighted by Crippen LogP contribution is 2.54. The van der Waals surface area contributed by atoms with Crippen molar-refractivity contribution in [2.24, 2.45) is 5.41 Å². The van der Waals surface area contributed by atoms with E-state index >= 15 is 0 Å². The summed E-state index contributed by atoms with van der Waals surface area (Å²) in [5.74, 6) is -0.256. The maximum Gasteiger partial charge on any atom is 0.123 e. The Morgan fingerprint density at radius 1 is 1.13 bits per heavy atom. The highest BCUT2D eigenvalue weighted by atomic mass is 35.5. The van der Waals surface area contributed by atoms with Gasteiger partial charge in [0.15, 0.2) is 0 Å². The molecular formula is C26H26ClFN2O. The van der Waals surface area contributed by atoms with E-state index in [-0.39, 0.29) is 11.2 Å². The number of benzene rings is 2. The number of aryl methyl sites for hydroxylation is 1. The Balaban J connectivity index is 1.45. The largest absolute Gasteiger partial charge is 0.389 e. The maximum absolute atomic E-state index is 13.4. The standard InChI is InChI=1S/C26H26ClFN2O/c1-25-16-19-17-29-30(23-10-8-22(28)9-11-23)24(19)15-20(25)3-2-13-26(25,31)14-12-18-4-6-21(27)7-5-18/h4-11,15,17,31H,2-3,12-14,16H2,1H3/t25-,26+/m0/s1. The third kappa shape index (κ3) is 3.52. The molecule has 31 heavy (non-hydrogen) atoms. The molecule has 0 saturated heterocycles. The Morgan fingerprint density at radius 2 is 1.87 bits per heavy atom. The van der Waals surface area contributed by atoms with E-state index in [4.69, 9.17) is 11.6 Å². The summed E-state index contributed by atoms with van der Waals surface area (Å²) in [5, 5.41) is 17.2. The van der Waals surface area contributed by atoms with E-state index in [1.54, 1.807) is 12.1 Å². The van der Waals surface area contributed by atoms with E-state index < -0.39 is 5.60 Å². The number of halogens is 2. The van der Waals surface area contributed by atoms with E-state index in [1.165, 1.54) is 23.3 Å². The van der Waals surface area contributed by atoms with Crippen molar-refractivity contribution in [3.63, 3.8) is 0 Å². The van der Waals surface area contributed by atoms with Gasteiger partial charge in [0.2, 0.25) is 0 Å². The van der Waals surface area contributed by atoms with Crippen molar-refractivity contribution in [3.8, 4) is 5.69 Å². The van der Waals surface area contributed by atoms with E-state index in [9.17, 15) is 9.50 Å². The molecule has 2 atom stereocenters. The van der Waals surface area contributed by atoms with Gasteiger partial charge in [0.05, 0.1) is 23.2 Å². The fraction of sp³-hybridized carbons (Fsp3) is 0.346. The van der Waals surface area contributed by atoms with Gasteiger partial charge in [-0.05, 0) is 92.1 Å². The molecule has 1 aromatic heterocycles. The molecule has 0 aliphatic heterocycles. The monoisotopic (exact) mass is 436 g/mol. The number of hydrogen-bond donors (Lipinski definition) is 1. The van der Waals surface area contributed by atoms with E-state index in [0.29, 0.717) is 6.42 Å². The molecule has 2 aliphatic carbocycles. The minimum absolute atomic E-state index is 0.256. The van der Waals surface area contributed by atoms with Crippen LogP contribution in [0.5, 0.6) is 0 Å². The molecule has 1 N–H and O–H groups in total. The molecule has 2 aliphatic rings. The molecule has 0 radical (unpaired) electrons. The van der Waals surface area contributed by atoms with Crippen LogP contribution in [0.4, 0.5) is 4.39 Å². The van der Waals surface area contributed by atoms with Gasteiger partial charge in [0, 0.05) is 10.4 Å². The number of aromatic nitrogens is 2. The first-order valence-electron chi connectivity index (χ1n) is 10.9. The molecule has 1 saturated carbocycles. The predicted molar refractivity (Wildman–Crippen MR) is 122 cm³/mol. The Bertz CT molecular complexity index is 1140. The molecule has 1 heterocycles. The van der Waals surface area contributed by atoms with Crippen molar-refractivity contribution < 1.29 is 9.50 Å². The smallest absolute Gasteiger partial charge is 0.123 e.